The number of nitrogens with two attached hydrogens (primary N) is 1. The second kappa shape index (κ2) is 4.33. The highest BCUT2D eigenvalue weighted by Crippen LogP contribution is 2.28. The first-order chi connectivity index (χ1) is 9.49. The van der Waals surface area contributed by atoms with Crippen molar-refractivity contribution in [3.05, 3.63) is 41.3 Å². The van der Waals surface area contributed by atoms with Crippen molar-refractivity contribution in [1.29, 1.82) is 0 Å². The fraction of sp³-hybridized carbons (Fsp3) is 0.286. The van der Waals surface area contributed by atoms with E-state index in [-0.39, 0.29) is 11.9 Å². The Morgan fingerprint density at radius 2 is 1.90 bits per heavy atom. The minimum atomic E-state index is -0.249. The zero-order chi connectivity index (χ0) is 14.4. The molecule has 3 aromatic rings. The van der Waals surface area contributed by atoms with E-state index in [0.717, 1.165) is 22.4 Å². The second-order valence-corrected chi connectivity index (χ2v) is 4.95. The van der Waals surface area contributed by atoms with Gasteiger partial charge in [0.05, 0.1) is 11.7 Å². The minimum absolute atomic E-state index is 0.0459. The van der Waals surface area contributed by atoms with Crippen LogP contribution in [0, 0.1) is 12.7 Å². The Morgan fingerprint density at radius 3 is 2.55 bits per heavy atom. The largest absolute Gasteiger partial charge is 0.369 e. The van der Waals surface area contributed by atoms with Gasteiger partial charge in [-0.1, -0.05) is 12.1 Å². The van der Waals surface area contributed by atoms with Crippen LogP contribution in [0.4, 0.5) is 10.3 Å². The number of nitrogen functional groups attached to an aromatic ring is 1. The van der Waals surface area contributed by atoms with Crippen LogP contribution in [0.15, 0.2) is 24.3 Å². The molecule has 3 rings (SSSR count). The first kappa shape index (κ1) is 12.7. The van der Waals surface area contributed by atoms with Crippen LogP contribution in [0.3, 0.4) is 0 Å². The second-order valence-electron chi connectivity index (χ2n) is 4.95. The molecule has 6 heteroatoms. The lowest BCUT2D eigenvalue weighted by atomic mass is 10.1. The molecule has 2 aromatic heterocycles. The summed E-state index contributed by atoms with van der Waals surface area (Å²) in [5.74, 6) is 0.189. The summed E-state index contributed by atoms with van der Waals surface area (Å²) in [5, 5.41) is 4.36. The smallest absolute Gasteiger partial charge is 0.203 e. The zero-order valence-electron chi connectivity index (χ0n) is 11.6. The van der Waals surface area contributed by atoms with E-state index in [2.05, 4.69) is 10.1 Å². The van der Waals surface area contributed by atoms with Crippen molar-refractivity contribution in [2.45, 2.75) is 19.9 Å². The number of nitrogens with zero attached hydrogens (tertiary/aromatic N) is 4. The maximum absolute atomic E-state index is 13.0. The monoisotopic (exact) mass is 273 g/mol. The van der Waals surface area contributed by atoms with Crippen molar-refractivity contribution in [2.24, 2.45) is 7.05 Å². The van der Waals surface area contributed by atoms with E-state index in [1.54, 1.807) is 16.8 Å². The maximum Gasteiger partial charge on any atom is 0.203 e. The lowest BCUT2D eigenvalue weighted by Crippen LogP contribution is -2.12. The van der Waals surface area contributed by atoms with Gasteiger partial charge in [0, 0.05) is 7.05 Å². The molecule has 1 unspecified atom stereocenters. The summed E-state index contributed by atoms with van der Waals surface area (Å²) < 4.78 is 16.7. The van der Waals surface area contributed by atoms with Crippen molar-refractivity contribution in [1.82, 2.24) is 19.3 Å². The molecule has 0 spiro atoms. The van der Waals surface area contributed by atoms with Crippen LogP contribution in [0.5, 0.6) is 0 Å². The molecular formula is C14H16FN5. The summed E-state index contributed by atoms with van der Waals surface area (Å²) >= 11 is 0. The predicted molar refractivity (Wildman–Crippen MR) is 75.9 cm³/mol. The molecule has 1 atom stereocenters. The third-order valence-corrected chi connectivity index (χ3v) is 3.60. The number of halogens is 1. The summed E-state index contributed by atoms with van der Waals surface area (Å²) in [5.41, 5.74) is 9.53. The Labute approximate surface area is 115 Å². The first-order valence-electron chi connectivity index (χ1n) is 6.41. The third kappa shape index (κ3) is 1.76. The van der Waals surface area contributed by atoms with Gasteiger partial charge in [0.2, 0.25) is 5.95 Å². The molecule has 0 aliphatic heterocycles. The summed E-state index contributed by atoms with van der Waals surface area (Å²) in [6.07, 6.45) is 0. The lowest BCUT2D eigenvalue weighted by Gasteiger charge is -2.16. The fourth-order valence-corrected chi connectivity index (χ4v) is 2.58. The van der Waals surface area contributed by atoms with Crippen LogP contribution in [0.1, 0.15) is 24.2 Å². The summed E-state index contributed by atoms with van der Waals surface area (Å²) in [7, 11) is 1.87. The van der Waals surface area contributed by atoms with Crippen molar-refractivity contribution in [3.8, 4) is 0 Å². The molecule has 20 heavy (non-hydrogen) atoms. The number of anilines is 1. The van der Waals surface area contributed by atoms with Crippen LogP contribution in [0.25, 0.3) is 11.2 Å². The van der Waals surface area contributed by atoms with E-state index in [1.807, 2.05) is 25.5 Å². The lowest BCUT2D eigenvalue weighted by molar-refractivity contribution is 0.616. The molecule has 0 radical (unpaired) electrons. The number of aromatic nitrogens is 4. The summed E-state index contributed by atoms with van der Waals surface area (Å²) in [4.78, 5) is 4.38. The predicted octanol–water partition coefficient (Wildman–Crippen LogP) is 2.41. The molecule has 0 amide bonds. The molecule has 0 saturated carbocycles. The highest BCUT2D eigenvalue weighted by molar-refractivity contribution is 5.77. The topological polar surface area (TPSA) is 61.7 Å². The van der Waals surface area contributed by atoms with Crippen LogP contribution in [-0.4, -0.2) is 19.3 Å². The Hall–Kier alpha value is -2.37. The van der Waals surface area contributed by atoms with Gasteiger partial charge in [0.15, 0.2) is 5.65 Å². The number of imidazole rings is 1. The Balaban J connectivity index is 2.18. The standard InChI is InChI=1S/C14H16FN5/c1-8-12-13(19(3)18-8)20(14(16)17-12)9(2)10-4-6-11(15)7-5-10/h4-7,9H,1-3H3,(H2,16,17). The van der Waals surface area contributed by atoms with Gasteiger partial charge in [-0.15, -0.1) is 0 Å². The average molecular weight is 273 g/mol. The molecule has 5 nitrogen and oxygen atoms in total. The van der Waals surface area contributed by atoms with Gasteiger partial charge in [0.25, 0.3) is 0 Å². The number of rotatable bonds is 2. The van der Waals surface area contributed by atoms with E-state index in [1.165, 1.54) is 12.1 Å². The molecule has 2 heterocycles. The van der Waals surface area contributed by atoms with Gasteiger partial charge in [0.1, 0.15) is 11.3 Å². The molecule has 104 valence electrons. The first-order valence-corrected chi connectivity index (χ1v) is 6.41. The minimum Gasteiger partial charge on any atom is -0.369 e. The third-order valence-electron chi connectivity index (χ3n) is 3.60. The van der Waals surface area contributed by atoms with Crippen LogP contribution >= 0.6 is 0 Å². The number of hydrogen-bond donors (Lipinski definition) is 1. The molecule has 2 N–H and O–H groups in total. The normalized spacial score (nSPS) is 13.0. The van der Waals surface area contributed by atoms with E-state index in [4.69, 9.17) is 5.73 Å². The highest BCUT2D eigenvalue weighted by Gasteiger charge is 2.20. The van der Waals surface area contributed by atoms with Gasteiger partial charge in [-0.05, 0) is 31.5 Å². The van der Waals surface area contributed by atoms with Gasteiger partial charge in [-0.3, -0.25) is 9.25 Å². The average Bonchev–Trinajstić information content (AvgIpc) is 2.88. The van der Waals surface area contributed by atoms with E-state index in [0.29, 0.717) is 5.95 Å². The summed E-state index contributed by atoms with van der Waals surface area (Å²) in [6, 6.07) is 6.37. The van der Waals surface area contributed by atoms with Crippen molar-refractivity contribution in [3.63, 3.8) is 0 Å². The molecule has 0 bridgehead atoms. The molecule has 0 saturated heterocycles. The molecular weight excluding hydrogens is 257 g/mol. The molecule has 0 aliphatic carbocycles. The molecule has 1 aromatic carbocycles. The van der Waals surface area contributed by atoms with Gasteiger partial charge in [-0.2, -0.15) is 5.10 Å². The zero-order valence-corrected chi connectivity index (χ0v) is 11.6. The number of aryl methyl sites for hydroxylation is 2. The number of benzene rings is 1. The number of hydrogen-bond acceptors (Lipinski definition) is 3. The van der Waals surface area contributed by atoms with E-state index >= 15 is 0 Å². The van der Waals surface area contributed by atoms with Crippen molar-refractivity contribution < 1.29 is 4.39 Å². The van der Waals surface area contributed by atoms with Crippen molar-refractivity contribution >= 4 is 17.1 Å². The fourth-order valence-electron chi connectivity index (χ4n) is 2.58. The van der Waals surface area contributed by atoms with Gasteiger partial charge in [-0.25, -0.2) is 9.37 Å². The SMILES string of the molecule is Cc1nn(C)c2c1nc(N)n2C(C)c1ccc(F)cc1. The van der Waals surface area contributed by atoms with Gasteiger partial charge < -0.3 is 5.73 Å². The molecule has 0 fully saturated rings. The molecule has 0 aliphatic rings. The van der Waals surface area contributed by atoms with E-state index < -0.39 is 0 Å². The van der Waals surface area contributed by atoms with Gasteiger partial charge >= 0.3 is 0 Å². The van der Waals surface area contributed by atoms with Crippen LogP contribution in [0.2, 0.25) is 0 Å². The maximum atomic E-state index is 13.0. The Morgan fingerprint density at radius 1 is 1.25 bits per heavy atom. The Bertz CT molecular complexity index is 769. The summed E-state index contributed by atoms with van der Waals surface area (Å²) in [6.45, 7) is 3.91. The van der Waals surface area contributed by atoms with Crippen molar-refractivity contribution in [2.75, 3.05) is 5.73 Å². The van der Waals surface area contributed by atoms with Crippen LogP contribution < -0.4 is 5.73 Å². The van der Waals surface area contributed by atoms with E-state index in [9.17, 15) is 4.39 Å². The number of fused-ring (bicyclic) bond motifs is 1. The van der Waals surface area contributed by atoms with Crippen LogP contribution in [-0.2, 0) is 7.05 Å². The highest BCUT2D eigenvalue weighted by atomic mass is 19.1. The Kier molecular flexibility index (Phi) is 2.74. The quantitative estimate of drug-likeness (QED) is 0.780.